The van der Waals surface area contributed by atoms with Crippen molar-refractivity contribution in [3.63, 3.8) is 0 Å². The molecule has 0 bridgehead atoms. The van der Waals surface area contributed by atoms with Crippen molar-refractivity contribution in [2.75, 3.05) is 0 Å². The van der Waals surface area contributed by atoms with Gasteiger partial charge in [0.05, 0.1) is 16.9 Å². The van der Waals surface area contributed by atoms with Crippen molar-refractivity contribution < 1.29 is 13.9 Å². The van der Waals surface area contributed by atoms with E-state index in [1.54, 1.807) is 6.07 Å². The summed E-state index contributed by atoms with van der Waals surface area (Å²) >= 11 is 0. The van der Waals surface area contributed by atoms with Crippen LogP contribution < -0.4 is 10.4 Å². The summed E-state index contributed by atoms with van der Waals surface area (Å²) in [5.41, 5.74) is 2.90. The maximum atomic E-state index is 13.2. The van der Waals surface area contributed by atoms with Crippen molar-refractivity contribution in [1.82, 2.24) is 0 Å². The molecule has 0 radical (unpaired) electrons. The van der Waals surface area contributed by atoms with Gasteiger partial charge < -0.3 is 9.15 Å². The summed E-state index contributed by atoms with van der Waals surface area (Å²) in [5.74, 6) is 0.769. The van der Waals surface area contributed by atoms with E-state index in [0.717, 1.165) is 16.5 Å². The zero-order valence-corrected chi connectivity index (χ0v) is 16.7. The van der Waals surface area contributed by atoms with Crippen LogP contribution in [0.15, 0.2) is 69.1 Å². The average molecular weight is 386 g/mol. The van der Waals surface area contributed by atoms with E-state index in [-0.39, 0.29) is 11.2 Å². The fourth-order valence-corrected chi connectivity index (χ4v) is 4.55. The number of rotatable bonds is 1. The molecule has 1 unspecified atom stereocenters. The lowest BCUT2D eigenvalue weighted by atomic mass is 9.70. The van der Waals surface area contributed by atoms with Crippen LogP contribution in [0, 0.1) is 12.3 Å². The third-order valence-corrected chi connectivity index (χ3v) is 5.89. The van der Waals surface area contributed by atoms with E-state index >= 15 is 0 Å². The number of hydrogen-bond acceptors (Lipinski definition) is 4. The number of Topliss-reactive ketones (excluding diaryl/α,β-unsaturated/α-hetero) is 1. The van der Waals surface area contributed by atoms with E-state index < -0.39 is 11.5 Å². The van der Waals surface area contributed by atoms with Gasteiger partial charge in [-0.3, -0.25) is 4.79 Å². The molecule has 0 spiro atoms. The van der Waals surface area contributed by atoms with Gasteiger partial charge in [0.15, 0.2) is 5.78 Å². The summed E-state index contributed by atoms with van der Waals surface area (Å²) in [4.78, 5) is 26.3. The Morgan fingerprint density at radius 2 is 1.69 bits per heavy atom. The Balaban J connectivity index is 1.84. The van der Waals surface area contributed by atoms with Crippen molar-refractivity contribution >= 4 is 16.8 Å². The number of carbonyl (C=O) groups is 1. The summed E-state index contributed by atoms with van der Waals surface area (Å²) in [7, 11) is 0. The van der Waals surface area contributed by atoms with Crippen molar-refractivity contribution in [2.45, 2.75) is 39.5 Å². The van der Waals surface area contributed by atoms with E-state index in [0.29, 0.717) is 41.1 Å². The zero-order chi connectivity index (χ0) is 20.3. The molecule has 4 nitrogen and oxygen atoms in total. The van der Waals surface area contributed by atoms with Crippen LogP contribution >= 0.6 is 0 Å². The first-order valence-corrected chi connectivity index (χ1v) is 9.90. The first-order chi connectivity index (χ1) is 13.8. The lowest BCUT2D eigenvalue weighted by Gasteiger charge is -2.38. The molecule has 1 aliphatic carbocycles. The van der Waals surface area contributed by atoms with Crippen molar-refractivity contribution in [3.05, 3.63) is 87.0 Å². The number of carbonyl (C=O) groups excluding carboxylic acids is 1. The van der Waals surface area contributed by atoms with Gasteiger partial charge in [0.2, 0.25) is 0 Å². The minimum absolute atomic E-state index is 0.0417. The second-order valence-corrected chi connectivity index (χ2v) is 8.85. The molecule has 2 aliphatic rings. The largest absolute Gasteiger partial charge is 0.460 e. The van der Waals surface area contributed by atoms with E-state index in [2.05, 4.69) is 13.8 Å². The fraction of sp³-hybridized carbons (Fsp3) is 0.280. The molecule has 0 saturated carbocycles. The number of ether oxygens (including phenoxy) is 1. The topological polar surface area (TPSA) is 56.5 Å². The second kappa shape index (κ2) is 6.18. The molecule has 29 heavy (non-hydrogen) atoms. The van der Waals surface area contributed by atoms with Crippen LogP contribution in [0.3, 0.4) is 0 Å². The molecule has 5 rings (SSSR count). The van der Waals surface area contributed by atoms with E-state index in [1.165, 1.54) is 0 Å². The molecular weight excluding hydrogens is 364 g/mol. The van der Waals surface area contributed by atoms with Gasteiger partial charge in [-0.2, -0.15) is 0 Å². The van der Waals surface area contributed by atoms with Gasteiger partial charge in [0.25, 0.3) is 0 Å². The smallest absolute Gasteiger partial charge is 0.344 e. The van der Waals surface area contributed by atoms with Crippen molar-refractivity contribution in [2.24, 2.45) is 5.41 Å². The summed E-state index contributed by atoms with van der Waals surface area (Å²) in [6.45, 7) is 6.17. The standard InChI is InChI=1S/C25H22O4/c1-14-8-10-15(11-9-14)20-21-17(26)12-25(2,3)13-19(21)28-23-16-6-4-5-7-18(16)29-24(27)22(20)23/h4-11,20H,12-13H2,1-3H3. The van der Waals surface area contributed by atoms with Gasteiger partial charge in [0, 0.05) is 18.4 Å². The number of aryl methyl sites for hydroxylation is 1. The van der Waals surface area contributed by atoms with Crippen LogP contribution in [0.4, 0.5) is 0 Å². The molecule has 0 saturated heterocycles. The molecule has 0 N–H and O–H groups in total. The van der Waals surface area contributed by atoms with E-state index in [9.17, 15) is 9.59 Å². The quantitative estimate of drug-likeness (QED) is 0.535. The monoisotopic (exact) mass is 386 g/mol. The first-order valence-electron chi connectivity index (χ1n) is 9.90. The normalized spacial score (nSPS) is 20.2. The Hall–Kier alpha value is -3.14. The van der Waals surface area contributed by atoms with Gasteiger partial charge in [0.1, 0.15) is 17.1 Å². The number of hydrogen-bond donors (Lipinski definition) is 0. The van der Waals surface area contributed by atoms with E-state index in [1.807, 2.05) is 49.4 Å². The van der Waals surface area contributed by atoms with Crippen molar-refractivity contribution in [1.29, 1.82) is 0 Å². The summed E-state index contributed by atoms with van der Waals surface area (Å²) in [6.07, 6.45) is 1.09. The first kappa shape index (κ1) is 17.9. The van der Waals surface area contributed by atoms with Crippen LogP contribution in [-0.2, 0) is 4.79 Å². The highest BCUT2D eigenvalue weighted by molar-refractivity contribution is 6.01. The molecule has 0 amide bonds. The molecule has 1 aromatic heterocycles. The van der Waals surface area contributed by atoms with Crippen LogP contribution in [-0.4, -0.2) is 5.78 Å². The lowest BCUT2D eigenvalue weighted by Crippen LogP contribution is -2.34. The molecule has 2 aromatic carbocycles. The number of fused-ring (bicyclic) bond motifs is 3. The molecule has 146 valence electrons. The molecule has 4 heteroatoms. The minimum atomic E-state index is -0.473. The Morgan fingerprint density at radius 3 is 2.45 bits per heavy atom. The van der Waals surface area contributed by atoms with E-state index in [4.69, 9.17) is 9.15 Å². The molecule has 0 fully saturated rings. The fourth-order valence-electron chi connectivity index (χ4n) is 4.55. The van der Waals surface area contributed by atoms with Crippen LogP contribution in [0.5, 0.6) is 5.75 Å². The predicted octanol–water partition coefficient (Wildman–Crippen LogP) is 5.27. The van der Waals surface area contributed by atoms with Crippen LogP contribution in [0.1, 0.15) is 49.3 Å². The molecule has 1 aliphatic heterocycles. The summed E-state index contributed by atoms with van der Waals surface area (Å²) in [6, 6.07) is 15.4. The third kappa shape index (κ3) is 2.82. The zero-order valence-electron chi connectivity index (χ0n) is 16.7. The Bertz CT molecular complexity index is 1240. The predicted molar refractivity (Wildman–Crippen MR) is 111 cm³/mol. The van der Waals surface area contributed by atoms with Gasteiger partial charge >= 0.3 is 5.63 Å². The van der Waals surface area contributed by atoms with Gasteiger partial charge in [-0.05, 0) is 30.0 Å². The lowest BCUT2D eigenvalue weighted by molar-refractivity contribution is -0.118. The van der Waals surface area contributed by atoms with Gasteiger partial charge in [-0.1, -0.05) is 55.8 Å². The maximum absolute atomic E-state index is 13.2. The SMILES string of the molecule is Cc1ccc(C2C3=C(CC(C)(C)CC3=O)Oc3c2c(=O)oc2ccccc32)cc1. The third-order valence-electron chi connectivity index (χ3n) is 5.89. The molecule has 1 atom stereocenters. The average Bonchev–Trinajstić information content (AvgIpc) is 2.66. The Morgan fingerprint density at radius 1 is 0.966 bits per heavy atom. The molecule has 2 heterocycles. The van der Waals surface area contributed by atoms with Crippen LogP contribution in [0.25, 0.3) is 11.0 Å². The highest BCUT2D eigenvalue weighted by atomic mass is 16.5. The summed E-state index contributed by atoms with van der Waals surface area (Å²) < 4.78 is 11.9. The van der Waals surface area contributed by atoms with Gasteiger partial charge in [-0.25, -0.2) is 4.79 Å². The summed E-state index contributed by atoms with van der Waals surface area (Å²) in [5, 5.41) is 0.751. The van der Waals surface area contributed by atoms with Crippen LogP contribution in [0.2, 0.25) is 0 Å². The van der Waals surface area contributed by atoms with Gasteiger partial charge in [-0.15, -0.1) is 0 Å². The second-order valence-electron chi connectivity index (χ2n) is 8.85. The molecular formula is C25H22O4. The Labute approximate surface area is 168 Å². The number of benzene rings is 2. The highest BCUT2D eigenvalue weighted by Gasteiger charge is 2.44. The molecule has 3 aromatic rings. The minimum Gasteiger partial charge on any atom is -0.460 e. The highest BCUT2D eigenvalue weighted by Crippen LogP contribution is 2.50. The number of allylic oxidation sites excluding steroid dienone is 2. The number of para-hydroxylation sites is 1. The Kier molecular flexibility index (Phi) is 3.82. The number of ketones is 1. The van der Waals surface area contributed by atoms with Crippen molar-refractivity contribution in [3.8, 4) is 5.75 Å². The maximum Gasteiger partial charge on any atom is 0.344 e.